The van der Waals surface area contributed by atoms with E-state index in [1.54, 1.807) is 13.3 Å². The summed E-state index contributed by atoms with van der Waals surface area (Å²) in [5, 5.41) is 6.27. The van der Waals surface area contributed by atoms with Crippen LogP contribution in [0.5, 0.6) is 0 Å². The van der Waals surface area contributed by atoms with E-state index in [2.05, 4.69) is 25.5 Å². The molecule has 5 rings (SSSR count). The van der Waals surface area contributed by atoms with Gasteiger partial charge >= 0.3 is 0 Å². The number of anilines is 2. The Hall–Kier alpha value is -2.89. The molecule has 2 aliphatic rings. The number of aryl methyl sites for hydroxylation is 2. The van der Waals surface area contributed by atoms with Crippen LogP contribution in [0.3, 0.4) is 0 Å². The second kappa shape index (κ2) is 9.05. The fourth-order valence-electron chi connectivity index (χ4n) is 4.81. The number of likely N-dealkylation sites (N-methyl/N-ethyl adjacent to an activating group) is 1. The smallest absolute Gasteiger partial charge is 0.263 e. The zero-order valence-electron chi connectivity index (χ0n) is 19.4. The monoisotopic (exact) mass is 485 g/mol. The first-order valence-corrected chi connectivity index (χ1v) is 12.1. The van der Waals surface area contributed by atoms with E-state index < -0.39 is 0 Å². The van der Waals surface area contributed by atoms with E-state index >= 15 is 4.39 Å². The quantitative estimate of drug-likeness (QED) is 0.501. The minimum absolute atomic E-state index is 0.0288. The molecule has 0 aromatic carbocycles. The largest absolute Gasteiger partial charge is 0.396 e. The van der Waals surface area contributed by atoms with Crippen molar-refractivity contribution in [1.82, 2.24) is 25.6 Å². The second-order valence-corrected chi connectivity index (χ2v) is 9.88. The second-order valence-electron chi connectivity index (χ2n) is 8.89. The molecule has 1 fully saturated rings. The van der Waals surface area contributed by atoms with Gasteiger partial charge in [-0.15, -0.1) is 11.3 Å². The van der Waals surface area contributed by atoms with Crippen molar-refractivity contribution in [3.05, 3.63) is 39.9 Å². The lowest BCUT2D eigenvalue weighted by Gasteiger charge is -2.27. The van der Waals surface area contributed by atoms with Gasteiger partial charge in [0.1, 0.15) is 26.9 Å². The first-order chi connectivity index (χ1) is 16.4. The molecule has 3 aromatic heterocycles. The molecule has 4 heterocycles. The summed E-state index contributed by atoms with van der Waals surface area (Å²) in [5.41, 5.74) is 9.13. The normalized spacial score (nSPS) is 22.2. The molecule has 1 saturated heterocycles. The molecule has 3 aromatic rings. The van der Waals surface area contributed by atoms with Gasteiger partial charge in [0.2, 0.25) is 0 Å². The predicted molar refractivity (Wildman–Crippen MR) is 130 cm³/mol. The Morgan fingerprint density at radius 2 is 2.18 bits per heavy atom. The van der Waals surface area contributed by atoms with Crippen LogP contribution in [0, 0.1) is 12.7 Å². The number of hydrogen-bond donors (Lipinski definition) is 3. The molecule has 9 nitrogen and oxygen atoms in total. The minimum Gasteiger partial charge on any atom is -0.396 e. The van der Waals surface area contributed by atoms with Crippen LogP contribution in [0.25, 0.3) is 10.3 Å². The van der Waals surface area contributed by atoms with Crippen molar-refractivity contribution in [1.29, 1.82) is 0 Å². The number of nitrogens with two attached hydrogens (primary N) is 1. The first kappa shape index (κ1) is 22.9. The van der Waals surface area contributed by atoms with Crippen molar-refractivity contribution in [3.8, 4) is 0 Å². The molecule has 180 valence electrons. The van der Waals surface area contributed by atoms with E-state index in [1.807, 2.05) is 14.0 Å². The highest BCUT2D eigenvalue weighted by molar-refractivity contribution is 7.21. The van der Waals surface area contributed by atoms with Gasteiger partial charge in [-0.05, 0) is 33.2 Å². The molecule has 3 unspecified atom stereocenters. The summed E-state index contributed by atoms with van der Waals surface area (Å²) in [4.78, 5) is 29.5. The van der Waals surface area contributed by atoms with E-state index in [0.29, 0.717) is 64.6 Å². The Bertz CT molecular complexity index is 1240. The van der Waals surface area contributed by atoms with Crippen LogP contribution in [-0.2, 0) is 17.6 Å². The topological polar surface area (TPSA) is 118 Å². The summed E-state index contributed by atoms with van der Waals surface area (Å²) in [6.45, 7) is 3.21. The van der Waals surface area contributed by atoms with Gasteiger partial charge in [0, 0.05) is 49.8 Å². The molecule has 0 spiro atoms. The zero-order valence-corrected chi connectivity index (χ0v) is 20.2. The standard InChI is InChI=1S/C23H28FN7O2S/c1-11-8-27-20-19(25)21(34-23(20)28-11)22(32)29-12-4-5-15-13(6-12)14(24)7-18(30-15)31-9-16(26-2)17(10-31)33-3/h7-8,12,16-17,26H,4-6,9-10,25H2,1-3H3,(H,29,32). The molecular weight excluding hydrogens is 457 g/mol. The van der Waals surface area contributed by atoms with E-state index in [0.717, 1.165) is 11.4 Å². The number of carbonyl (C=O) groups excluding carboxylic acids is 1. The van der Waals surface area contributed by atoms with Gasteiger partial charge < -0.3 is 26.0 Å². The Kier molecular flexibility index (Phi) is 6.09. The van der Waals surface area contributed by atoms with Crippen LogP contribution >= 0.6 is 11.3 Å². The van der Waals surface area contributed by atoms with Crippen LogP contribution in [-0.4, -0.2) is 66.3 Å². The van der Waals surface area contributed by atoms with Crippen molar-refractivity contribution in [2.24, 2.45) is 0 Å². The minimum atomic E-state index is -0.286. The number of carbonyl (C=O) groups is 1. The highest BCUT2D eigenvalue weighted by Crippen LogP contribution is 2.32. The maximum Gasteiger partial charge on any atom is 0.263 e. The number of methoxy groups -OCH3 is 1. The number of amides is 1. The summed E-state index contributed by atoms with van der Waals surface area (Å²) in [5.74, 6) is 0.0668. The molecular formula is C23H28FN7O2S. The lowest BCUT2D eigenvalue weighted by molar-refractivity contribution is 0.0938. The average Bonchev–Trinajstić information content (AvgIpc) is 3.40. The number of rotatable bonds is 5. The van der Waals surface area contributed by atoms with Crippen molar-refractivity contribution in [2.75, 3.05) is 37.9 Å². The number of thiophene rings is 1. The van der Waals surface area contributed by atoms with Crippen LogP contribution in [0.15, 0.2) is 12.3 Å². The number of aromatic nitrogens is 3. The molecule has 0 saturated carbocycles. The van der Waals surface area contributed by atoms with Crippen molar-refractivity contribution >= 4 is 39.1 Å². The third kappa shape index (κ3) is 4.08. The zero-order chi connectivity index (χ0) is 24.0. The fraction of sp³-hybridized carbons (Fsp3) is 0.478. The maximum atomic E-state index is 15.2. The fourth-order valence-corrected chi connectivity index (χ4v) is 5.81. The number of hydrogen-bond acceptors (Lipinski definition) is 9. The summed E-state index contributed by atoms with van der Waals surface area (Å²) >= 11 is 1.23. The van der Waals surface area contributed by atoms with E-state index in [-0.39, 0.29) is 29.9 Å². The van der Waals surface area contributed by atoms with Crippen LogP contribution in [0.2, 0.25) is 0 Å². The molecule has 1 aliphatic heterocycles. The van der Waals surface area contributed by atoms with Gasteiger partial charge in [0.25, 0.3) is 5.91 Å². The van der Waals surface area contributed by atoms with E-state index in [1.165, 1.54) is 17.4 Å². The van der Waals surface area contributed by atoms with Gasteiger partial charge in [-0.25, -0.2) is 19.3 Å². The van der Waals surface area contributed by atoms with Gasteiger partial charge in [0.05, 0.1) is 23.5 Å². The van der Waals surface area contributed by atoms with Gasteiger partial charge in [-0.2, -0.15) is 0 Å². The van der Waals surface area contributed by atoms with Crippen molar-refractivity contribution in [3.63, 3.8) is 0 Å². The number of ether oxygens (including phenoxy) is 1. The number of nitrogens with zero attached hydrogens (tertiary/aromatic N) is 4. The van der Waals surface area contributed by atoms with Gasteiger partial charge in [0.15, 0.2) is 0 Å². The molecule has 3 atom stereocenters. The van der Waals surface area contributed by atoms with Gasteiger partial charge in [-0.1, -0.05) is 0 Å². The van der Waals surface area contributed by atoms with Gasteiger partial charge in [-0.3, -0.25) is 4.79 Å². The molecule has 1 amide bonds. The maximum absolute atomic E-state index is 15.2. The molecule has 0 radical (unpaired) electrons. The average molecular weight is 486 g/mol. The highest BCUT2D eigenvalue weighted by atomic mass is 32.1. The lowest BCUT2D eigenvalue weighted by Crippen LogP contribution is -2.39. The Labute approximate surface area is 200 Å². The third-order valence-electron chi connectivity index (χ3n) is 6.69. The summed E-state index contributed by atoms with van der Waals surface area (Å²) < 4.78 is 20.7. The van der Waals surface area contributed by atoms with Crippen LogP contribution < -0.4 is 21.3 Å². The number of fused-ring (bicyclic) bond motifs is 2. The SMILES string of the molecule is CNC1CN(c2cc(F)c3c(n2)CCC(NC(=O)c2sc4nc(C)cnc4c2N)C3)CC1OC. The summed E-state index contributed by atoms with van der Waals surface area (Å²) in [7, 11) is 3.59. The Morgan fingerprint density at radius 1 is 1.35 bits per heavy atom. The number of halogens is 1. The van der Waals surface area contributed by atoms with Crippen LogP contribution in [0.1, 0.15) is 33.0 Å². The molecule has 4 N–H and O–H groups in total. The number of pyridine rings is 1. The Morgan fingerprint density at radius 3 is 2.91 bits per heavy atom. The first-order valence-electron chi connectivity index (χ1n) is 11.3. The number of nitrogen functional groups attached to an aromatic ring is 1. The van der Waals surface area contributed by atoms with Crippen molar-refractivity contribution in [2.45, 2.75) is 44.4 Å². The molecule has 0 bridgehead atoms. The predicted octanol–water partition coefficient (Wildman–Crippen LogP) is 1.83. The Balaban J connectivity index is 1.31. The lowest BCUT2D eigenvalue weighted by atomic mass is 9.91. The van der Waals surface area contributed by atoms with Crippen LogP contribution in [0.4, 0.5) is 15.9 Å². The van der Waals surface area contributed by atoms with Crippen molar-refractivity contribution < 1.29 is 13.9 Å². The molecule has 11 heteroatoms. The summed E-state index contributed by atoms with van der Waals surface area (Å²) in [6.07, 6.45) is 3.31. The summed E-state index contributed by atoms with van der Waals surface area (Å²) in [6, 6.07) is 1.46. The number of nitrogens with one attached hydrogen (secondary N) is 2. The highest BCUT2D eigenvalue weighted by Gasteiger charge is 2.34. The van der Waals surface area contributed by atoms with E-state index in [4.69, 9.17) is 15.5 Å². The molecule has 1 aliphatic carbocycles. The third-order valence-corrected chi connectivity index (χ3v) is 7.77. The van der Waals surface area contributed by atoms with E-state index in [9.17, 15) is 4.79 Å². The molecule has 34 heavy (non-hydrogen) atoms.